The Morgan fingerprint density at radius 3 is 3.12 bits per heavy atom. The number of esters is 1. The molecule has 3 heterocycles. The zero-order valence-electron chi connectivity index (χ0n) is 13.4. The molecule has 0 spiro atoms. The van der Waals surface area contributed by atoms with Crippen LogP contribution in [0, 0.1) is 6.92 Å². The zero-order chi connectivity index (χ0) is 17.4. The Morgan fingerprint density at radius 2 is 2.24 bits per heavy atom. The fourth-order valence-electron chi connectivity index (χ4n) is 2.64. The highest BCUT2D eigenvalue weighted by Gasteiger charge is 2.18. The van der Waals surface area contributed by atoms with Crippen LogP contribution in [0.4, 0.5) is 0 Å². The molecule has 0 bridgehead atoms. The molecule has 0 unspecified atom stereocenters. The number of benzene rings is 1. The largest absolute Gasteiger partial charge is 0.488 e. The van der Waals surface area contributed by atoms with E-state index in [-0.39, 0.29) is 18.8 Å². The second-order valence-electron chi connectivity index (χ2n) is 5.65. The Labute approximate surface area is 147 Å². The minimum Gasteiger partial charge on any atom is -0.488 e. The smallest absolute Gasteiger partial charge is 0.337 e. The van der Waals surface area contributed by atoms with E-state index in [0.29, 0.717) is 16.2 Å². The third kappa shape index (κ3) is 2.94. The number of carbonyl (C=O) groups excluding carboxylic acids is 1. The number of aryl methyl sites for hydroxylation is 1. The first-order valence-corrected chi connectivity index (χ1v) is 8.56. The molecule has 25 heavy (non-hydrogen) atoms. The van der Waals surface area contributed by atoms with Crippen LogP contribution in [-0.4, -0.2) is 22.0 Å². The maximum absolute atomic E-state index is 12.3. The van der Waals surface area contributed by atoms with Gasteiger partial charge in [-0.3, -0.25) is 9.20 Å². The molecule has 7 heteroatoms. The van der Waals surface area contributed by atoms with Crippen LogP contribution >= 0.6 is 11.3 Å². The molecule has 0 atom stereocenters. The Morgan fingerprint density at radius 1 is 1.40 bits per heavy atom. The van der Waals surface area contributed by atoms with E-state index in [9.17, 15) is 9.59 Å². The van der Waals surface area contributed by atoms with Gasteiger partial charge in [-0.1, -0.05) is 18.2 Å². The molecule has 3 aromatic rings. The molecule has 1 aliphatic rings. The first-order chi connectivity index (χ1) is 12.1. The van der Waals surface area contributed by atoms with Crippen LogP contribution in [0.5, 0.6) is 5.75 Å². The van der Waals surface area contributed by atoms with E-state index in [0.717, 1.165) is 17.0 Å². The van der Waals surface area contributed by atoms with Crippen molar-refractivity contribution in [3.8, 4) is 5.75 Å². The lowest BCUT2D eigenvalue weighted by Crippen LogP contribution is -2.19. The van der Waals surface area contributed by atoms with Crippen LogP contribution in [0.25, 0.3) is 11.0 Å². The van der Waals surface area contributed by atoms with Crippen LogP contribution in [0.3, 0.4) is 0 Å². The van der Waals surface area contributed by atoms with Gasteiger partial charge in [0.1, 0.15) is 19.0 Å². The van der Waals surface area contributed by atoms with Gasteiger partial charge in [0.2, 0.25) is 0 Å². The number of hydrogen-bond acceptors (Lipinski definition) is 6. The average molecular weight is 354 g/mol. The van der Waals surface area contributed by atoms with Gasteiger partial charge in [0.25, 0.3) is 5.56 Å². The molecule has 0 N–H and O–H groups in total. The predicted molar refractivity (Wildman–Crippen MR) is 93.8 cm³/mol. The summed E-state index contributed by atoms with van der Waals surface area (Å²) in [6.45, 7) is 1.95. The summed E-state index contributed by atoms with van der Waals surface area (Å²) in [5.74, 6) is 0.270. The second kappa shape index (κ2) is 6.18. The highest BCUT2D eigenvalue weighted by Crippen LogP contribution is 2.26. The lowest BCUT2D eigenvalue weighted by atomic mass is 10.1. The van der Waals surface area contributed by atoms with Crippen LogP contribution in [0.2, 0.25) is 0 Å². The highest BCUT2D eigenvalue weighted by atomic mass is 32.1. The van der Waals surface area contributed by atoms with Crippen LogP contribution in [0.15, 0.2) is 46.1 Å². The maximum Gasteiger partial charge on any atom is 0.337 e. The molecule has 2 aromatic heterocycles. The summed E-state index contributed by atoms with van der Waals surface area (Å²) in [5, 5.41) is 1.86. The number of nitrogens with zero attached hydrogens (tertiary/aromatic N) is 2. The number of fused-ring (bicyclic) bond motifs is 2. The molecule has 0 fully saturated rings. The van der Waals surface area contributed by atoms with Gasteiger partial charge in [0.05, 0.1) is 11.3 Å². The first kappa shape index (κ1) is 15.6. The summed E-state index contributed by atoms with van der Waals surface area (Å²) in [7, 11) is 0. The van der Waals surface area contributed by atoms with Crippen LogP contribution in [-0.2, 0) is 16.1 Å². The number of carbonyl (C=O) groups is 1. The summed E-state index contributed by atoms with van der Waals surface area (Å²) in [4.78, 5) is 29.3. The molecule has 0 saturated carbocycles. The van der Waals surface area contributed by atoms with Crippen molar-refractivity contribution >= 4 is 28.3 Å². The van der Waals surface area contributed by atoms with E-state index in [4.69, 9.17) is 9.47 Å². The van der Waals surface area contributed by atoms with Crippen molar-refractivity contribution in [2.24, 2.45) is 0 Å². The molecule has 1 aliphatic heterocycles. The minimum atomic E-state index is -0.473. The average Bonchev–Trinajstić information content (AvgIpc) is 3.00. The van der Waals surface area contributed by atoms with Crippen molar-refractivity contribution in [2.75, 3.05) is 6.61 Å². The summed E-state index contributed by atoms with van der Waals surface area (Å²) >= 11 is 1.38. The Kier molecular flexibility index (Phi) is 3.85. The predicted octanol–water partition coefficient (Wildman–Crippen LogP) is 2.58. The number of thiazole rings is 1. The fourth-order valence-corrected chi connectivity index (χ4v) is 3.53. The number of para-hydroxylation sites is 1. The van der Waals surface area contributed by atoms with Crippen molar-refractivity contribution < 1.29 is 14.3 Å². The molecule has 6 nitrogen and oxygen atoms in total. The molecule has 0 saturated heterocycles. The second-order valence-corrected chi connectivity index (χ2v) is 6.49. The van der Waals surface area contributed by atoms with E-state index in [1.165, 1.54) is 21.8 Å². The topological polar surface area (TPSA) is 69.9 Å². The normalized spacial score (nSPS) is 13.1. The van der Waals surface area contributed by atoms with Crippen molar-refractivity contribution in [3.05, 3.63) is 68.6 Å². The molecule has 0 amide bonds. The quantitative estimate of drug-likeness (QED) is 0.676. The molecule has 1 aromatic carbocycles. The van der Waals surface area contributed by atoms with Gasteiger partial charge in [-0.05, 0) is 19.1 Å². The third-order valence-electron chi connectivity index (χ3n) is 3.87. The molecular weight excluding hydrogens is 340 g/mol. The maximum atomic E-state index is 12.3. The minimum absolute atomic E-state index is 0.0551. The van der Waals surface area contributed by atoms with E-state index in [1.807, 2.05) is 36.6 Å². The van der Waals surface area contributed by atoms with Crippen molar-refractivity contribution in [2.45, 2.75) is 13.5 Å². The third-order valence-corrected chi connectivity index (χ3v) is 4.82. The molecule has 0 radical (unpaired) electrons. The van der Waals surface area contributed by atoms with Gasteiger partial charge < -0.3 is 9.47 Å². The molecule has 4 rings (SSSR count). The molecule has 126 valence electrons. The van der Waals surface area contributed by atoms with Gasteiger partial charge in [-0.2, -0.15) is 0 Å². The summed E-state index contributed by atoms with van der Waals surface area (Å²) in [5.41, 5.74) is 2.36. The zero-order valence-corrected chi connectivity index (χ0v) is 14.2. The Hall–Kier alpha value is -2.93. The summed E-state index contributed by atoms with van der Waals surface area (Å²) in [6, 6.07) is 8.87. The standard InChI is InChI=1S/C18H14N2O4S/c1-11-10-25-18-19-14(7-16(21)20(11)18)9-24-17(22)13-6-12-4-2-3-5-15(12)23-8-13/h2-7,10H,8-9H2,1H3. The lowest BCUT2D eigenvalue weighted by molar-refractivity contribution is -0.140. The van der Waals surface area contributed by atoms with E-state index in [1.54, 1.807) is 6.08 Å². The number of hydrogen-bond donors (Lipinski definition) is 0. The van der Waals surface area contributed by atoms with Gasteiger partial charge in [0.15, 0.2) is 4.96 Å². The van der Waals surface area contributed by atoms with Gasteiger partial charge in [-0.25, -0.2) is 9.78 Å². The van der Waals surface area contributed by atoms with E-state index in [2.05, 4.69) is 4.98 Å². The Bertz CT molecular complexity index is 1060. The van der Waals surface area contributed by atoms with Crippen molar-refractivity contribution in [1.82, 2.24) is 9.38 Å². The SMILES string of the molecule is Cc1csc2nc(COC(=O)C3=Cc4ccccc4OC3)cc(=O)n12. The monoisotopic (exact) mass is 354 g/mol. The van der Waals surface area contributed by atoms with E-state index < -0.39 is 5.97 Å². The lowest BCUT2D eigenvalue weighted by Gasteiger charge is -2.16. The highest BCUT2D eigenvalue weighted by molar-refractivity contribution is 7.15. The first-order valence-electron chi connectivity index (χ1n) is 7.68. The number of rotatable bonds is 3. The fraction of sp³-hybridized carbons (Fsp3) is 0.167. The van der Waals surface area contributed by atoms with Crippen molar-refractivity contribution in [1.29, 1.82) is 0 Å². The summed E-state index contributed by atoms with van der Waals surface area (Å²) in [6.07, 6.45) is 1.76. The Balaban J connectivity index is 1.51. The van der Waals surface area contributed by atoms with Crippen LogP contribution < -0.4 is 10.3 Å². The molecule has 0 aliphatic carbocycles. The van der Waals surface area contributed by atoms with Crippen LogP contribution in [0.1, 0.15) is 17.0 Å². The van der Waals surface area contributed by atoms with Gasteiger partial charge in [0, 0.05) is 22.7 Å². The van der Waals surface area contributed by atoms with Gasteiger partial charge >= 0.3 is 5.97 Å². The number of aromatic nitrogens is 2. The summed E-state index contributed by atoms with van der Waals surface area (Å²) < 4.78 is 12.4. The van der Waals surface area contributed by atoms with Gasteiger partial charge in [-0.15, -0.1) is 11.3 Å². The molecular formula is C18H14N2O4S. The number of ether oxygens (including phenoxy) is 2. The van der Waals surface area contributed by atoms with E-state index >= 15 is 0 Å². The van der Waals surface area contributed by atoms with Crippen molar-refractivity contribution in [3.63, 3.8) is 0 Å².